The maximum absolute atomic E-state index is 12.2. The highest BCUT2D eigenvalue weighted by molar-refractivity contribution is 7.92. The van der Waals surface area contributed by atoms with Crippen molar-refractivity contribution in [2.45, 2.75) is 26.7 Å². The molecule has 2 aromatic carbocycles. The van der Waals surface area contributed by atoms with Gasteiger partial charge in [0.2, 0.25) is 10.0 Å². The van der Waals surface area contributed by atoms with Crippen LogP contribution in [-0.4, -0.2) is 20.1 Å². The van der Waals surface area contributed by atoms with Crippen LogP contribution in [0, 0.1) is 6.92 Å². The number of amides is 1. The van der Waals surface area contributed by atoms with E-state index in [1.54, 1.807) is 24.3 Å². The summed E-state index contributed by atoms with van der Waals surface area (Å²) in [5.74, 6) is -0.140. The van der Waals surface area contributed by atoms with Crippen LogP contribution in [0.2, 0.25) is 0 Å². The molecule has 24 heavy (non-hydrogen) atoms. The SMILES string of the molecule is CCCCS(=O)(=O)Nc1ccc(C(=O)Nc2ccc(C)cc2)cc1. The topological polar surface area (TPSA) is 75.3 Å². The van der Waals surface area contributed by atoms with E-state index >= 15 is 0 Å². The van der Waals surface area contributed by atoms with Crippen molar-refractivity contribution in [2.24, 2.45) is 0 Å². The average molecular weight is 346 g/mol. The highest BCUT2D eigenvalue weighted by atomic mass is 32.2. The van der Waals surface area contributed by atoms with Crippen LogP contribution >= 0.6 is 0 Å². The lowest BCUT2D eigenvalue weighted by Crippen LogP contribution is -2.17. The molecule has 2 aromatic rings. The summed E-state index contributed by atoms with van der Waals surface area (Å²) in [5, 5.41) is 2.80. The van der Waals surface area contributed by atoms with Crippen LogP contribution in [0.15, 0.2) is 48.5 Å². The fraction of sp³-hybridized carbons (Fsp3) is 0.278. The second-order valence-corrected chi connectivity index (χ2v) is 7.51. The number of sulfonamides is 1. The maximum atomic E-state index is 12.2. The zero-order valence-corrected chi connectivity index (χ0v) is 14.7. The molecule has 2 rings (SSSR count). The molecule has 0 aliphatic carbocycles. The second kappa shape index (κ2) is 7.97. The molecule has 1 amide bonds. The number of hydrogen-bond acceptors (Lipinski definition) is 3. The molecule has 5 nitrogen and oxygen atoms in total. The molecule has 0 unspecified atom stereocenters. The number of rotatable bonds is 7. The van der Waals surface area contributed by atoms with E-state index in [1.807, 2.05) is 38.1 Å². The molecule has 0 saturated carbocycles. The number of hydrogen-bond donors (Lipinski definition) is 2. The standard InChI is InChI=1S/C18H22N2O3S/c1-3-4-13-24(22,23)20-17-11-7-15(8-12-17)18(21)19-16-9-5-14(2)6-10-16/h5-12,20H,3-4,13H2,1-2H3,(H,19,21). The molecule has 0 atom stereocenters. The second-order valence-electron chi connectivity index (χ2n) is 5.67. The zero-order valence-electron chi connectivity index (χ0n) is 13.9. The first-order valence-electron chi connectivity index (χ1n) is 7.88. The van der Waals surface area contributed by atoms with Gasteiger partial charge in [-0.15, -0.1) is 0 Å². The third-order valence-corrected chi connectivity index (χ3v) is 4.87. The number of nitrogens with one attached hydrogen (secondary N) is 2. The summed E-state index contributed by atoms with van der Waals surface area (Å²) in [6.45, 7) is 3.92. The van der Waals surface area contributed by atoms with E-state index in [0.717, 1.165) is 17.7 Å². The minimum Gasteiger partial charge on any atom is -0.322 e. The lowest BCUT2D eigenvalue weighted by molar-refractivity contribution is 0.102. The molecule has 0 radical (unpaired) electrons. The van der Waals surface area contributed by atoms with Gasteiger partial charge in [0.25, 0.3) is 5.91 Å². The molecule has 0 saturated heterocycles. The number of aryl methyl sites for hydroxylation is 1. The fourth-order valence-electron chi connectivity index (χ4n) is 2.09. The first-order valence-corrected chi connectivity index (χ1v) is 9.53. The van der Waals surface area contributed by atoms with E-state index in [0.29, 0.717) is 17.7 Å². The monoisotopic (exact) mass is 346 g/mol. The van der Waals surface area contributed by atoms with E-state index in [-0.39, 0.29) is 11.7 Å². The van der Waals surface area contributed by atoms with Crippen molar-refractivity contribution < 1.29 is 13.2 Å². The van der Waals surface area contributed by atoms with E-state index in [9.17, 15) is 13.2 Å². The Labute approximate surface area is 143 Å². The molecule has 0 fully saturated rings. The van der Waals surface area contributed by atoms with Gasteiger partial charge in [-0.05, 0) is 49.7 Å². The Morgan fingerprint density at radius 2 is 1.54 bits per heavy atom. The van der Waals surface area contributed by atoms with Gasteiger partial charge in [-0.3, -0.25) is 9.52 Å². The van der Waals surface area contributed by atoms with Crippen LogP contribution in [-0.2, 0) is 10.0 Å². The van der Waals surface area contributed by atoms with Gasteiger partial charge in [-0.25, -0.2) is 8.42 Å². The maximum Gasteiger partial charge on any atom is 0.255 e. The van der Waals surface area contributed by atoms with Gasteiger partial charge in [-0.1, -0.05) is 31.0 Å². The van der Waals surface area contributed by atoms with Crippen molar-refractivity contribution in [3.05, 3.63) is 59.7 Å². The van der Waals surface area contributed by atoms with E-state index in [2.05, 4.69) is 10.0 Å². The van der Waals surface area contributed by atoms with Crippen LogP contribution in [0.5, 0.6) is 0 Å². The van der Waals surface area contributed by atoms with Crippen molar-refractivity contribution in [2.75, 3.05) is 15.8 Å². The summed E-state index contributed by atoms with van der Waals surface area (Å²) in [6.07, 6.45) is 1.44. The molecule has 0 spiro atoms. The smallest absolute Gasteiger partial charge is 0.255 e. The molecular weight excluding hydrogens is 324 g/mol. The third-order valence-electron chi connectivity index (χ3n) is 3.50. The quantitative estimate of drug-likeness (QED) is 0.801. The minimum absolute atomic E-state index is 0.0964. The Kier molecular flexibility index (Phi) is 5.98. The summed E-state index contributed by atoms with van der Waals surface area (Å²) in [4.78, 5) is 12.2. The van der Waals surface area contributed by atoms with E-state index in [1.165, 1.54) is 0 Å². The molecule has 128 valence electrons. The summed E-state index contributed by atoms with van der Waals surface area (Å²) in [7, 11) is -3.33. The Balaban J connectivity index is 2.00. The zero-order chi connectivity index (χ0) is 17.6. The molecule has 0 aliphatic rings. The van der Waals surface area contributed by atoms with Crippen molar-refractivity contribution in [1.29, 1.82) is 0 Å². The van der Waals surface area contributed by atoms with E-state index in [4.69, 9.17) is 0 Å². The van der Waals surface area contributed by atoms with Gasteiger partial charge >= 0.3 is 0 Å². The predicted octanol–water partition coefficient (Wildman–Crippen LogP) is 3.79. The number of carbonyl (C=O) groups excluding carboxylic acids is 1. The van der Waals surface area contributed by atoms with Gasteiger partial charge in [-0.2, -0.15) is 0 Å². The highest BCUT2D eigenvalue weighted by Gasteiger charge is 2.11. The molecule has 2 N–H and O–H groups in total. The lowest BCUT2D eigenvalue weighted by Gasteiger charge is -2.09. The van der Waals surface area contributed by atoms with Crippen LogP contribution < -0.4 is 10.0 Å². The molecule has 6 heteroatoms. The normalized spacial score (nSPS) is 11.1. The van der Waals surface area contributed by atoms with Gasteiger partial charge in [0, 0.05) is 16.9 Å². The number of carbonyl (C=O) groups is 1. The Bertz CT molecular complexity index is 782. The average Bonchev–Trinajstić information content (AvgIpc) is 2.55. The Hall–Kier alpha value is -2.34. The van der Waals surface area contributed by atoms with E-state index < -0.39 is 10.0 Å². The molecular formula is C18H22N2O3S. The van der Waals surface area contributed by atoms with Crippen LogP contribution in [0.1, 0.15) is 35.7 Å². The minimum atomic E-state index is -3.33. The molecule has 0 aromatic heterocycles. The van der Waals surface area contributed by atoms with Crippen molar-refractivity contribution in [3.63, 3.8) is 0 Å². The van der Waals surface area contributed by atoms with Gasteiger partial charge < -0.3 is 5.32 Å². The third kappa shape index (κ3) is 5.38. The highest BCUT2D eigenvalue weighted by Crippen LogP contribution is 2.15. The van der Waals surface area contributed by atoms with Crippen LogP contribution in [0.3, 0.4) is 0 Å². The van der Waals surface area contributed by atoms with Crippen molar-refractivity contribution in [1.82, 2.24) is 0 Å². The number of unbranched alkanes of at least 4 members (excludes halogenated alkanes) is 1. The summed E-state index contributed by atoms with van der Waals surface area (Å²) < 4.78 is 26.2. The van der Waals surface area contributed by atoms with Gasteiger partial charge in [0.05, 0.1) is 5.75 Å². The first kappa shape index (κ1) is 18.0. The first-order chi connectivity index (χ1) is 11.4. The largest absolute Gasteiger partial charge is 0.322 e. The predicted molar refractivity (Wildman–Crippen MR) is 97.9 cm³/mol. The molecule has 0 bridgehead atoms. The van der Waals surface area contributed by atoms with Gasteiger partial charge in [0.1, 0.15) is 0 Å². The molecule has 0 aliphatic heterocycles. The number of anilines is 2. The lowest BCUT2D eigenvalue weighted by atomic mass is 10.2. The van der Waals surface area contributed by atoms with Crippen LogP contribution in [0.25, 0.3) is 0 Å². The number of benzene rings is 2. The van der Waals surface area contributed by atoms with Crippen molar-refractivity contribution in [3.8, 4) is 0 Å². The summed E-state index contributed by atoms with van der Waals surface area (Å²) in [6, 6.07) is 13.9. The Morgan fingerprint density at radius 1 is 0.958 bits per heavy atom. The summed E-state index contributed by atoms with van der Waals surface area (Å²) >= 11 is 0. The van der Waals surface area contributed by atoms with Gasteiger partial charge in [0.15, 0.2) is 0 Å². The molecule has 0 heterocycles. The summed E-state index contributed by atoms with van der Waals surface area (Å²) in [5.41, 5.74) is 2.76. The van der Waals surface area contributed by atoms with Crippen molar-refractivity contribution >= 4 is 27.3 Å². The van der Waals surface area contributed by atoms with Crippen LogP contribution in [0.4, 0.5) is 11.4 Å². The Morgan fingerprint density at radius 3 is 2.12 bits per heavy atom. The fourth-order valence-corrected chi connectivity index (χ4v) is 3.36.